The first-order valence-corrected chi connectivity index (χ1v) is 8.05. The van der Waals surface area contributed by atoms with Crippen LogP contribution < -0.4 is 9.64 Å². The van der Waals surface area contributed by atoms with Gasteiger partial charge in [0.05, 0.1) is 30.3 Å². The zero-order valence-electron chi connectivity index (χ0n) is 13.8. The third-order valence-electron chi connectivity index (χ3n) is 4.02. The zero-order valence-corrected chi connectivity index (χ0v) is 13.8. The number of ether oxygens (including phenoxy) is 1. The van der Waals surface area contributed by atoms with Crippen molar-refractivity contribution in [2.75, 3.05) is 18.1 Å². The van der Waals surface area contributed by atoms with Crippen LogP contribution >= 0.6 is 0 Å². The lowest BCUT2D eigenvalue weighted by atomic mass is 10.2. The normalized spacial score (nSPS) is 15.1. The highest BCUT2D eigenvalue weighted by Gasteiger charge is 2.24. The number of fused-ring (bicyclic) bond motifs is 4. The van der Waals surface area contributed by atoms with Crippen LogP contribution in [0.25, 0.3) is 11.5 Å². The minimum Gasteiger partial charge on any atom is -0.491 e. The van der Waals surface area contributed by atoms with Gasteiger partial charge in [-0.1, -0.05) is 0 Å². The quantitative estimate of drug-likeness (QED) is 0.676. The molecule has 0 spiro atoms. The lowest BCUT2D eigenvalue weighted by Gasteiger charge is -2.20. The van der Waals surface area contributed by atoms with Gasteiger partial charge in [0.25, 0.3) is 5.91 Å². The SMILES string of the molecule is Cn1cc(N2CCCCOc3cnccc3-c3nc(co3)C2=O)cn1. The van der Waals surface area contributed by atoms with Gasteiger partial charge in [0.15, 0.2) is 5.69 Å². The van der Waals surface area contributed by atoms with Gasteiger partial charge in [0.1, 0.15) is 12.0 Å². The van der Waals surface area contributed by atoms with Gasteiger partial charge in [-0.2, -0.15) is 5.10 Å². The highest BCUT2D eigenvalue weighted by atomic mass is 16.5. The molecule has 2 bridgehead atoms. The largest absolute Gasteiger partial charge is 0.491 e. The molecule has 0 fully saturated rings. The highest BCUT2D eigenvalue weighted by Crippen LogP contribution is 2.29. The van der Waals surface area contributed by atoms with Crippen LogP contribution in [0.4, 0.5) is 5.69 Å². The van der Waals surface area contributed by atoms with Gasteiger partial charge >= 0.3 is 0 Å². The lowest BCUT2D eigenvalue weighted by molar-refractivity contribution is 0.0981. The van der Waals surface area contributed by atoms with Crippen molar-refractivity contribution in [1.29, 1.82) is 0 Å². The molecule has 0 unspecified atom stereocenters. The fraction of sp³-hybridized carbons (Fsp3) is 0.294. The molecule has 4 rings (SSSR count). The molecule has 0 saturated heterocycles. The molecule has 0 N–H and O–H groups in total. The maximum absolute atomic E-state index is 12.9. The van der Waals surface area contributed by atoms with E-state index in [-0.39, 0.29) is 11.6 Å². The summed E-state index contributed by atoms with van der Waals surface area (Å²) in [5, 5.41) is 4.15. The molecule has 0 radical (unpaired) electrons. The number of aryl methyl sites for hydroxylation is 1. The maximum atomic E-state index is 12.9. The van der Waals surface area contributed by atoms with Crippen molar-refractivity contribution in [3.05, 3.63) is 42.8 Å². The van der Waals surface area contributed by atoms with E-state index in [1.165, 1.54) is 6.26 Å². The average Bonchev–Trinajstić information content (AvgIpc) is 3.26. The number of hydrogen-bond donors (Lipinski definition) is 0. The van der Waals surface area contributed by atoms with Crippen molar-refractivity contribution in [2.24, 2.45) is 7.05 Å². The molecule has 1 amide bonds. The van der Waals surface area contributed by atoms with Gasteiger partial charge in [-0.3, -0.25) is 14.5 Å². The lowest BCUT2D eigenvalue weighted by Crippen LogP contribution is -2.32. The Morgan fingerprint density at radius 3 is 3.00 bits per heavy atom. The van der Waals surface area contributed by atoms with Crippen LogP contribution in [0.2, 0.25) is 0 Å². The molecule has 1 aliphatic rings. The first-order valence-electron chi connectivity index (χ1n) is 8.05. The Morgan fingerprint density at radius 2 is 2.16 bits per heavy atom. The zero-order chi connectivity index (χ0) is 17.2. The molecule has 3 aromatic heterocycles. The number of anilines is 1. The third-order valence-corrected chi connectivity index (χ3v) is 4.02. The summed E-state index contributed by atoms with van der Waals surface area (Å²) in [6, 6.07) is 1.76. The second-order valence-electron chi connectivity index (χ2n) is 5.79. The summed E-state index contributed by atoms with van der Waals surface area (Å²) in [5.41, 5.74) is 1.67. The Hall–Kier alpha value is -3.16. The smallest absolute Gasteiger partial charge is 0.280 e. The maximum Gasteiger partial charge on any atom is 0.280 e. The van der Waals surface area contributed by atoms with Gasteiger partial charge in [0, 0.05) is 26.0 Å². The van der Waals surface area contributed by atoms with Gasteiger partial charge in [-0.05, 0) is 18.9 Å². The van der Waals surface area contributed by atoms with Crippen LogP contribution in [-0.2, 0) is 7.05 Å². The van der Waals surface area contributed by atoms with Gasteiger partial charge < -0.3 is 14.1 Å². The molecule has 128 valence electrons. The minimum absolute atomic E-state index is 0.208. The van der Waals surface area contributed by atoms with Crippen molar-refractivity contribution < 1.29 is 13.9 Å². The van der Waals surface area contributed by atoms with Gasteiger partial charge in [-0.15, -0.1) is 0 Å². The average molecular weight is 339 g/mol. The molecule has 0 atom stereocenters. The van der Waals surface area contributed by atoms with E-state index in [1.54, 1.807) is 34.2 Å². The van der Waals surface area contributed by atoms with Crippen molar-refractivity contribution in [3.8, 4) is 17.2 Å². The third kappa shape index (κ3) is 2.98. The van der Waals surface area contributed by atoms with Crippen LogP contribution in [-0.4, -0.2) is 38.8 Å². The van der Waals surface area contributed by atoms with Crippen molar-refractivity contribution in [2.45, 2.75) is 12.8 Å². The van der Waals surface area contributed by atoms with Crippen molar-refractivity contribution in [1.82, 2.24) is 19.7 Å². The minimum atomic E-state index is -0.208. The van der Waals surface area contributed by atoms with Crippen molar-refractivity contribution in [3.63, 3.8) is 0 Å². The summed E-state index contributed by atoms with van der Waals surface area (Å²) < 4.78 is 13.0. The predicted octanol–water partition coefficient (Wildman–Crippen LogP) is 2.29. The summed E-state index contributed by atoms with van der Waals surface area (Å²) in [7, 11) is 1.82. The van der Waals surface area contributed by atoms with Crippen LogP contribution in [0.5, 0.6) is 5.75 Å². The molecule has 4 heterocycles. The van der Waals surface area contributed by atoms with E-state index in [1.807, 2.05) is 13.2 Å². The number of carbonyl (C=O) groups excluding carboxylic acids is 1. The van der Waals surface area contributed by atoms with E-state index in [0.717, 1.165) is 18.5 Å². The Kier molecular flexibility index (Phi) is 3.93. The number of amides is 1. The first-order chi connectivity index (χ1) is 12.2. The van der Waals surface area contributed by atoms with Gasteiger partial charge in [-0.25, -0.2) is 4.98 Å². The fourth-order valence-corrected chi connectivity index (χ4v) is 2.76. The van der Waals surface area contributed by atoms with Crippen molar-refractivity contribution >= 4 is 11.6 Å². The second-order valence-corrected chi connectivity index (χ2v) is 5.79. The number of nitrogens with zero attached hydrogens (tertiary/aromatic N) is 5. The topological polar surface area (TPSA) is 86.3 Å². The van der Waals surface area contributed by atoms with E-state index in [0.29, 0.717) is 30.4 Å². The summed E-state index contributed by atoms with van der Waals surface area (Å²) in [6.07, 6.45) is 9.73. The number of carbonyl (C=O) groups is 1. The number of rotatable bonds is 1. The highest BCUT2D eigenvalue weighted by molar-refractivity contribution is 6.04. The number of pyridine rings is 1. The van der Waals surface area contributed by atoms with E-state index >= 15 is 0 Å². The molecule has 0 aliphatic carbocycles. The molecule has 0 aromatic carbocycles. The molecule has 8 nitrogen and oxygen atoms in total. The summed E-state index contributed by atoms with van der Waals surface area (Å²) in [4.78, 5) is 23.0. The Labute approximate surface area is 144 Å². The number of hydrogen-bond acceptors (Lipinski definition) is 6. The van der Waals surface area contributed by atoms with Crippen LogP contribution in [0.1, 0.15) is 23.3 Å². The predicted molar refractivity (Wildman–Crippen MR) is 89.3 cm³/mol. The Morgan fingerprint density at radius 1 is 1.24 bits per heavy atom. The van der Waals surface area contributed by atoms with E-state index < -0.39 is 0 Å². The van der Waals surface area contributed by atoms with Gasteiger partial charge in [0.2, 0.25) is 5.89 Å². The summed E-state index contributed by atoms with van der Waals surface area (Å²) >= 11 is 0. The molecule has 8 heteroatoms. The molecular formula is C17H17N5O3. The van der Waals surface area contributed by atoms with E-state index in [2.05, 4.69) is 15.1 Å². The molecule has 25 heavy (non-hydrogen) atoms. The number of aromatic nitrogens is 4. The summed E-state index contributed by atoms with van der Waals surface area (Å²) in [5.74, 6) is 0.737. The Balaban J connectivity index is 1.74. The molecule has 3 aromatic rings. The van der Waals surface area contributed by atoms with Crippen LogP contribution in [0.3, 0.4) is 0 Å². The van der Waals surface area contributed by atoms with E-state index in [9.17, 15) is 4.79 Å². The molecule has 1 aliphatic heterocycles. The Bertz CT molecular complexity index is 901. The standard InChI is InChI=1S/C17H17N5O3/c1-21-10-12(8-19-21)22-6-2-3-7-24-15-9-18-5-4-13(15)16-20-14(11-25-16)17(22)23/h4-5,8-11H,2-3,6-7H2,1H3. The van der Waals surface area contributed by atoms with E-state index in [4.69, 9.17) is 9.15 Å². The second kappa shape index (κ2) is 6.39. The molecule has 0 saturated carbocycles. The van der Waals surface area contributed by atoms with Crippen LogP contribution in [0, 0.1) is 0 Å². The monoisotopic (exact) mass is 339 g/mol. The number of oxazole rings is 1. The van der Waals surface area contributed by atoms with Crippen LogP contribution in [0.15, 0.2) is 41.5 Å². The fourth-order valence-electron chi connectivity index (χ4n) is 2.76. The summed E-state index contributed by atoms with van der Waals surface area (Å²) in [6.45, 7) is 1.08. The molecular weight excluding hydrogens is 322 g/mol. The first kappa shape index (κ1) is 15.4.